The first-order chi connectivity index (χ1) is 15.4. The maximum atomic E-state index is 11.8. The second kappa shape index (κ2) is 7.98. The molecular formula is C26H30N2O4. The first-order valence-corrected chi connectivity index (χ1v) is 11.8. The fourth-order valence-electron chi connectivity index (χ4n) is 5.60. The fraction of sp³-hybridized carbons (Fsp3) is 0.538. The maximum absolute atomic E-state index is 11.8. The van der Waals surface area contributed by atoms with E-state index < -0.39 is 5.60 Å². The minimum absolute atomic E-state index is 0.174. The SMILES string of the molecule is CC1CCC2(CC1)OC(=O)c1cccnc12.CC1CCC2(CC1)OC(=O)c1ccncc12. The van der Waals surface area contributed by atoms with Crippen molar-refractivity contribution < 1.29 is 19.1 Å². The van der Waals surface area contributed by atoms with E-state index in [1.807, 2.05) is 6.07 Å². The third-order valence-corrected chi connectivity index (χ3v) is 7.73. The predicted molar refractivity (Wildman–Crippen MR) is 118 cm³/mol. The standard InChI is InChI=1S/2C13H15NO2/c1-9-2-5-13(6-3-9)11-8-14-7-4-10(11)12(15)16-13;1-9-4-6-13(7-5-9)11-10(12(15)16-13)3-2-8-14-11/h4,7-9H,2-3,5-6H2,1H3;2-3,8-9H,4-7H2,1H3. The highest BCUT2D eigenvalue weighted by atomic mass is 16.6. The third-order valence-electron chi connectivity index (χ3n) is 7.73. The lowest BCUT2D eigenvalue weighted by molar-refractivity contribution is -0.0368. The summed E-state index contributed by atoms with van der Waals surface area (Å²) in [6.45, 7) is 4.51. The first kappa shape index (κ1) is 21.1. The van der Waals surface area contributed by atoms with E-state index in [-0.39, 0.29) is 17.5 Å². The van der Waals surface area contributed by atoms with Crippen LogP contribution in [0.15, 0.2) is 36.8 Å². The van der Waals surface area contributed by atoms with E-state index in [0.29, 0.717) is 11.1 Å². The summed E-state index contributed by atoms with van der Waals surface area (Å²) in [4.78, 5) is 32.0. The molecule has 6 rings (SSSR count). The zero-order valence-corrected chi connectivity index (χ0v) is 18.8. The largest absolute Gasteiger partial charge is 0.450 e. The van der Waals surface area contributed by atoms with Crippen LogP contribution in [-0.2, 0) is 20.7 Å². The Balaban J connectivity index is 0.000000135. The van der Waals surface area contributed by atoms with Gasteiger partial charge in [-0.15, -0.1) is 0 Å². The Morgan fingerprint density at radius 2 is 1.41 bits per heavy atom. The van der Waals surface area contributed by atoms with E-state index in [2.05, 4.69) is 23.8 Å². The van der Waals surface area contributed by atoms with Gasteiger partial charge >= 0.3 is 11.9 Å². The van der Waals surface area contributed by atoms with E-state index in [9.17, 15) is 9.59 Å². The summed E-state index contributed by atoms with van der Waals surface area (Å²) in [6, 6.07) is 5.38. The number of hydrogen-bond donors (Lipinski definition) is 0. The molecule has 6 nitrogen and oxygen atoms in total. The molecule has 32 heavy (non-hydrogen) atoms. The van der Waals surface area contributed by atoms with Crippen LogP contribution in [0.25, 0.3) is 0 Å². The van der Waals surface area contributed by atoms with Crippen molar-refractivity contribution in [1.82, 2.24) is 9.97 Å². The zero-order chi connectivity index (χ0) is 22.3. The number of nitrogens with zero attached hydrogens (tertiary/aromatic N) is 2. The lowest BCUT2D eigenvalue weighted by Crippen LogP contribution is -2.32. The number of hydrogen-bond acceptors (Lipinski definition) is 6. The van der Waals surface area contributed by atoms with Crippen molar-refractivity contribution in [2.24, 2.45) is 11.8 Å². The molecule has 0 amide bonds. The van der Waals surface area contributed by atoms with E-state index >= 15 is 0 Å². The molecule has 2 fully saturated rings. The van der Waals surface area contributed by atoms with Crippen LogP contribution in [0.2, 0.25) is 0 Å². The number of fused-ring (bicyclic) bond motifs is 4. The van der Waals surface area contributed by atoms with Crippen molar-refractivity contribution in [2.45, 2.75) is 76.4 Å². The molecule has 2 aromatic rings. The molecule has 2 saturated carbocycles. The smallest absolute Gasteiger partial charge is 0.341 e. The summed E-state index contributed by atoms with van der Waals surface area (Å²) < 4.78 is 11.2. The summed E-state index contributed by atoms with van der Waals surface area (Å²) >= 11 is 0. The monoisotopic (exact) mass is 434 g/mol. The highest BCUT2D eigenvalue weighted by Gasteiger charge is 2.48. The van der Waals surface area contributed by atoms with Gasteiger partial charge < -0.3 is 9.47 Å². The van der Waals surface area contributed by atoms with Crippen LogP contribution in [0.5, 0.6) is 0 Å². The van der Waals surface area contributed by atoms with Crippen LogP contribution in [-0.4, -0.2) is 21.9 Å². The molecule has 4 heterocycles. The van der Waals surface area contributed by atoms with Gasteiger partial charge in [-0.05, 0) is 81.4 Å². The molecule has 2 aliphatic heterocycles. The van der Waals surface area contributed by atoms with E-state index in [4.69, 9.17) is 9.47 Å². The summed E-state index contributed by atoms with van der Waals surface area (Å²) in [5, 5.41) is 0. The normalized spacial score (nSPS) is 32.6. The number of rotatable bonds is 0. The summed E-state index contributed by atoms with van der Waals surface area (Å²) in [5.41, 5.74) is 2.49. The first-order valence-electron chi connectivity index (χ1n) is 11.8. The highest BCUT2D eigenvalue weighted by Crippen LogP contribution is 2.48. The molecule has 0 N–H and O–H groups in total. The van der Waals surface area contributed by atoms with E-state index in [0.717, 1.165) is 74.5 Å². The molecule has 0 unspecified atom stereocenters. The molecule has 4 aliphatic rings. The van der Waals surface area contributed by atoms with Crippen LogP contribution < -0.4 is 0 Å². The lowest BCUT2D eigenvalue weighted by Gasteiger charge is -2.35. The molecule has 6 heteroatoms. The van der Waals surface area contributed by atoms with Gasteiger partial charge in [0.15, 0.2) is 5.60 Å². The third kappa shape index (κ3) is 3.50. The Morgan fingerprint density at radius 3 is 2.09 bits per heavy atom. The molecule has 0 atom stereocenters. The number of pyridine rings is 2. The van der Waals surface area contributed by atoms with Crippen LogP contribution in [0.1, 0.15) is 97.2 Å². The fourth-order valence-corrected chi connectivity index (χ4v) is 5.60. The van der Waals surface area contributed by atoms with E-state index in [1.54, 1.807) is 30.7 Å². The molecule has 2 aromatic heterocycles. The molecule has 168 valence electrons. The van der Waals surface area contributed by atoms with Crippen LogP contribution in [0.4, 0.5) is 0 Å². The maximum Gasteiger partial charge on any atom is 0.341 e. The predicted octanol–water partition coefficient (Wildman–Crippen LogP) is 5.31. The van der Waals surface area contributed by atoms with Gasteiger partial charge in [-0.25, -0.2) is 9.59 Å². The number of esters is 2. The Labute approximate surface area is 188 Å². The summed E-state index contributed by atoms with van der Waals surface area (Å²) in [5.74, 6) is 1.10. The van der Waals surface area contributed by atoms with Crippen molar-refractivity contribution >= 4 is 11.9 Å². The lowest BCUT2D eigenvalue weighted by atomic mass is 9.76. The van der Waals surface area contributed by atoms with Crippen LogP contribution in [0.3, 0.4) is 0 Å². The van der Waals surface area contributed by atoms with Crippen molar-refractivity contribution in [2.75, 3.05) is 0 Å². The van der Waals surface area contributed by atoms with Crippen LogP contribution in [0, 0.1) is 11.8 Å². The molecular weight excluding hydrogens is 404 g/mol. The van der Waals surface area contributed by atoms with Crippen molar-refractivity contribution in [3.63, 3.8) is 0 Å². The zero-order valence-electron chi connectivity index (χ0n) is 18.8. The number of carbonyl (C=O) groups excluding carboxylic acids is 2. The molecule has 0 saturated heterocycles. The Morgan fingerprint density at radius 1 is 0.812 bits per heavy atom. The average Bonchev–Trinajstić information content (AvgIpc) is 3.25. The summed E-state index contributed by atoms with van der Waals surface area (Å²) in [7, 11) is 0. The Kier molecular flexibility index (Phi) is 5.26. The highest BCUT2D eigenvalue weighted by molar-refractivity contribution is 5.94. The van der Waals surface area contributed by atoms with Gasteiger partial charge in [-0.2, -0.15) is 0 Å². The second-order valence-corrected chi connectivity index (χ2v) is 9.95. The van der Waals surface area contributed by atoms with Gasteiger partial charge in [0.05, 0.1) is 16.8 Å². The van der Waals surface area contributed by atoms with Gasteiger partial charge in [0.2, 0.25) is 0 Å². The quantitative estimate of drug-likeness (QED) is 0.523. The van der Waals surface area contributed by atoms with Crippen LogP contribution >= 0.6 is 0 Å². The Bertz CT molecular complexity index is 950. The number of carbonyl (C=O) groups is 2. The van der Waals surface area contributed by atoms with Crippen molar-refractivity contribution in [3.8, 4) is 0 Å². The van der Waals surface area contributed by atoms with Gasteiger partial charge in [-0.1, -0.05) is 13.8 Å². The van der Waals surface area contributed by atoms with Crippen molar-refractivity contribution in [1.29, 1.82) is 0 Å². The van der Waals surface area contributed by atoms with Crippen molar-refractivity contribution in [3.05, 3.63) is 59.2 Å². The summed E-state index contributed by atoms with van der Waals surface area (Å²) in [6.07, 6.45) is 13.4. The topological polar surface area (TPSA) is 78.4 Å². The number of ether oxygens (including phenoxy) is 2. The van der Waals surface area contributed by atoms with Gasteiger partial charge in [-0.3, -0.25) is 9.97 Å². The molecule has 0 radical (unpaired) electrons. The Hall–Kier alpha value is -2.76. The minimum Gasteiger partial charge on any atom is -0.450 e. The molecule has 0 bridgehead atoms. The van der Waals surface area contributed by atoms with Gasteiger partial charge in [0, 0.05) is 24.2 Å². The second-order valence-electron chi connectivity index (χ2n) is 9.95. The molecule has 0 aromatic carbocycles. The molecule has 2 spiro atoms. The van der Waals surface area contributed by atoms with Gasteiger partial charge in [0.25, 0.3) is 0 Å². The molecule has 2 aliphatic carbocycles. The number of aromatic nitrogens is 2. The van der Waals surface area contributed by atoms with Gasteiger partial charge in [0.1, 0.15) is 5.60 Å². The minimum atomic E-state index is -0.403. The average molecular weight is 435 g/mol. The van der Waals surface area contributed by atoms with E-state index in [1.165, 1.54) is 0 Å².